The number of benzene rings is 2. The molecular weight excluding hydrogens is 304 g/mol. The molecular formula is C20H26O4. The van der Waals surface area contributed by atoms with Crippen LogP contribution in [0.1, 0.15) is 29.7 Å². The maximum Gasteiger partial charge on any atom is 0.0954 e. The zero-order chi connectivity index (χ0) is 17.4. The third-order valence-electron chi connectivity index (χ3n) is 4.48. The highest BCUT2D eigenvalue weighted by Crippen LogP contribution is 2.38. The van der Waals surface area contributed by atoms with Crippen LogP contribution >= 0.6 is 0 Å². The second kappa shape index (κ2) is 8.94. The van der Waals surface area contributed by atoms with Crippen LogP contribution in [0.3, 0.4) is 0 Å². The number of aryl methyl sites for hydroxylation is 1. The fourth-order valence-electron chi connectivity index (χ4n) is 2.86. The summed E-state index contributed by atoms with van der Waals surface area (Å²) in [5.41, 5.74) is 1.84. The Bertz CT molecular complexity index is 600. The van der Waals surface area contributed by atoms with E-state index in [0.717, 1.165) is 23.1 Å². The van der Waals surface area contributed by atoms with Gasteiger partial charge in [0.05, 0.1) is 37.9 Å². The van der Waals surface area contributed by atoms with E-state index in [2.05, 4.69) is 0 Å². The molecule has 0 aliphatic carbocycles. The van der Waals surface area contributed by atoms with E-state index < -0.39 is 11.5 Å². The number of rotatable bonds is 9. The van der Waals surface area contributed by atoms with Crippen LogP contribution in [0.5, 0.6) is 0 Å². The normalized spacial score (nSPS) is 13.0. The van der Waals surface area contributed by atoms with Gasteiger partial charge in [0.1, 0.15) is 0 Å². The molecule has 2 aromatic rings. The summed E-state index contributed by atoms with van der Waals surface area (Å²) >= 11 is 0. The van der Waals surface area contributed by atoms with Crippen LogP contribution in [-0.2, 0) is 17.8 Å². The Morgan fingerprint density at radius 3 is 2.04 bits per heavy atom. The van der Waals surface area contributed by atoms with Crippen molar-refractivity contribution in [3.8, 4) is 0 Å². The van der Waals surface area contributed by atoms with Gasteiger partial charge in [-0.25, -0.2) is 0 Å². The van der Waals surface area contributed by atoms with Crippen molar-refractivity contribution in [2.45, 2.75) is 26.1 Å². The number of aliphatic hydroxyl groups excluding tert-OH is 3. The lowest BCUT2D eigenvalue weighted by atomic mass is 9.79. The molecule has 0 radical (unpaired) electrons. The van der Waals surface area contributed by atoms with Gasteiger partial charge in [0.15, 0.2) is 0 Å². The third-order valence-corrected chi connectivity index (χ3v) is 4.48. The van der Waals surface area contributed by atoms with Crippen molar-refractivity contribution in [1.82, 2.24) is 0 Å². The number of hydrogen-bond acceptors (Lipinski definition) is 4. The molecule has 0 aliphatic heterocycles. The van der Waals surface area contributed by atoms with Gasteiger partial charge in [0, 0.05) is 0 Å². The quantitative estimate of drug-likeness (QED) is 0.661. The highest BCUT2D eigenvalue weighted by molar-refractivity contribution is 5.31. The van der Waals surface area contributed by atoms with Crippen LogP contribution in [0.4, 0.5) is 0 Å². The minimum absolute atomic E-state index is 0.339. The Kier molecular flexibility index (Phi) is 6.94. The molecule has 0 saturated heterocycles. The Hall–Kier alpha value is -1.72. The zero-order valence-corrected chi connectivity index (χ0v) is 14.1. The average Bonchev–Trinajstić information content (AvgIpc) is 2.66. The van der Waals surface area contributed by atoms with Gasteiger partial charge >= 0.3 is 0 Å². The van der Waals surface area contributed by atoms with Gasteiger partial charge in [-0.2, -0.15) is 0 Å². The highest BCUT2D eigenvalue weighted by Gasteiger charge is 2.40. The van der Waals surface area contributed by atoms with E-state index in [-0.39, 0.29) is 19.8 Å². The summed E-state index contributed by atoms with van der Waals surface area (Å²) in [6.07, 6.45) is 0.202. The molecule has 0 heterocycles. The standard InChI is InChI=1S/C20H26O4/c1-2-17-10-6-7-11-18(17)19(20(13-21,14-22)15-23)24-12-16-8-4-3-5-9-16/h3-11,19,21-23H,2,12-15H2,1H3. The first-order valence-electron chi connectivity index (χ1n) is 8.26. The molecule has 0 spiro atoms. The van der Waals surface area contributed by atoms with Crippen LogP contribution in [0.15, 0.2) is 54.6 Å². The van der Waals surface area contributed by atoms with E-state index in [1.54, 1.807) is 0 Å². The maximum atomic E-state index is 9.87. The topological polar surface area (TPSA) is 69.9 Å². The third kappa shape index (κ3) is 4.02. The number of ether oxygens (including phenoxy) is 1. The second-order valence-corrected chi connectivity index (χ2v) is 6.07. The zero-order valence-electron chi connectivity index (χ0n) is 14.1. The maximum absolute atomic E-state index is 9.87. The van der Waals surface area contributed by atoms with E-state index in [4.69, 9.17) is 4.74 Å². The van der Waals surface area contributed by atoms with E-state index in [1.807, 2.05) is 61.5 Å². The molecule has 0 saturated carbocycles. The monoisotopic (exact) mass is 330 g/mol. The van der Waals surface area contributed by atoms with Crippen molar-refractivity contribution in [2.75, 3.05) is 19.8 Å². The number of hydrogen-bond donors (Lipinski definition) is 3. The molecule has 4 heteroatoms. The molecule has 0 aliphatic rings. The van der Waals surface area contributed by atoms with Gasteiger partial charge in [-0.15, -0.1) is 0 Å². The summed E-state index contributed by atoms with van der Waals surface area (Å²) in [6.45, 7) is 1.30. The lowest BCUT2D eigenvalue weighted by Crippen LogP contribution is -2.41. The Balaban J connectivity index is 2.37. The van der Waals surface area contributed by atoms with Crippen LogP contribution in [-0.4, -0.2) is 35.1 Å². The molecule has 0 bridgehead atoms. The Labute approximate surface area is 143 Å². The minimum Gasteiger partial charge on any atom is -0.395 e. The van der Waals surface area contributed by atoms with Crippen molar-refractivity contribution < 1.29 is 20.1 Å². The van der Waals surface area contributed by atoms with Crippen LogP contribution in [0.2, 0.25) is 0 Å². The van der Waals surface area contributed by atoms with Crippen molar-refractivity contribution >= 4 is 0 Å². The van der Waals surface area contributed by atoms with Gasteiger partial charge in [-0.05, 0) is 23.1 Å². The average molecular weight is 330 g/mol. The largest absolute Gasteiger partial charge is 0.395 e. The fourth-order valence-corrected chi connectivity index (χ4v) is 2.86. The molecule has 2 rings (SSSR count). The lowest BCUT2D eigenvalue weighted by Gasteiger charge is -2.37. The first-order chi connectivity index (χ1) is 11.7. The molecule has 0 aromatic heterocycles. The summed E-state index contributed by atoms with van der Waals surface area (Å²) in [5, 5.41) is 29.6. The van der Waals surface area contributed by atoms with E-state index in [0.29, 0.717) is 6.61 Å². The molecule has 0 amide bonds. The van der Waals surface area contributed by atoms with Gasteiger partial charge in [0.25, 0.3) is 0 Å². The van der Waals surface area contributed by atoms with Crippen molar-refractivity contribution in [3.63, 3.8) is 0 Å². The van der Waals surface area contributed by atoms with Gasteiger partial charge in [-0.1, -0.05) is 61.5 Å². The Morgan fingerprint density at radius 1 is 0.875 bits per heavy atom. The SMILES string of the molecule is CCc1ccccc1C(OCc1ccccc1)C(CO)(CO)CO. The summed E-state index contributed by atoms with van der Waals surface area (Å²) in [4.78, 5) is 0. The molecule has 1 atom stereocenters. The van der Waals surface area contributed by atoms with Gasteiger partial charge < -0.3 is 20.1 Å². The summed E-state index contributed by atoms with van der Waals surface area (Å²) in [7, 11) is 0. The fraction of sp³-hybridized carbons (Fsp3) is 0.400. The van der Waals surface area contributed by atoms with E-state index in [9.17, 15) is 15.3 Å². The molecule has 2 aromatic carbocycles. The predicted octanol–water partition coefficient (Wildman–Crippen LogP) is 2.47. The van der Waals surface area contributed by atoms with Gasteiger partial charge in [-0.3, -0.25) is 0 Å². The van der Waals surface area contributed by atoms with Crippen LogP contribution in [0, 0.1) is 5.41 Å². The van der Waals surface area contributed by atoms with E-state index >= 15 is 0 Å². The summed E-state index contributed by atoms with van der Waals surface area (Å²) < 4.78 is 6.11. The highest BCUT2D eigenvalue weighted by atomic mass is 16.5. The first kappa shape index (κ1) is 18.6. The van der Waals surface area contributed by atoms with Gasteiger partial charge in [0.2, 0.25) is 0 Å². The summed E-state index contributed by atoms with van der Waals surface area (Å²) in [6, 6.07) is 17.5. The molecule has 130 valence electrons. The molecule has 0 fully saturated rings. The predicted molar refractivity (Wildman–Crippen MR) is 93.5 cm³/mol. The van der Waals surface area contributed by atoms with Crippen LogP contribution in [0.25, 0.3) is 0 Å². The van der Waals surface area contributed by atoms with Crippen molar-refractivity contribution in [3.05, 3.63) is 71.3 Å². The molecule has 24 heavy (non-hydrogen) atoms. The minimum atomic E-state index is -1.14. The Morgan fingerprint density at radius 2 is 1.46 bits per heavy atom. The summed E-state index contributed by atoms with van der Waals surface area (Å²) in [5.74, 6) is 0. The smallest absolute Gasteiger partial charge is 0.0954 e. The van der Waals surface area contributed by atoms with E-state index in [1.165, 1.54) is 0 Å². The van der Waals surface area contributed by atoms with Crippen molar-refractivity contribution in [2.24, 2.45) is 5.41 Å². The molecule has 4 nitrogen and oxygen atoms in total. The van der Waals surface area contributed by atoms with Crippen LogP contribution < -0.4 is 0 Å². The first-order valence-corrected chi connectivity index (χ1v) is 8.26. The lowest BCUT2D eigenvalue weighted by molar-refractivity contribution is -0.122. The molecule has 3 N–H and O–H groups in total. The number of aliphatic hydroxyl groups is 3. The second-order valence-electron chi connectivity index (χ2n) is 6.07. The van der Waals surface area contributed by atoms with Crippen molar-refractivity contribution in [1.29, 1.82) is 0 Å². The molecule has 1 unspecified atom stereocenters.